The Kier molecular flexibility index (Phi) is 9.73. The van der Waals surface area contributed by atoms with Gasteiger partial charge in [0.15, 0.2) is 0 Å². The highest BCUT2D eigenvalue weighted by Gasteiger charge is 2.16. The number of benzene rings is 2. The van der Waals surface area contributed by atoms with E-state index in [0.717, 1.165) is 22.2 Å². The number of aromatic nitrogens is 2. The van der Waals surface area contributed by atoms with Gasteiger partial charge in [0, 0.05) is 33.8 Å². The van der Waals surface area contributed by atoms with Gasteiger partial charge in [-0.1, -0.05) is 36.9 Å². The minimum Gasteiger partial charge on any atom is -0.465 e. The summed E-state index contributed by atoms with van der Waals surface area (Å²) in [6, 6.07) is 19.0. The molecule has 0 aliphatic heterocycles. The molecule has 0 unspecified atom stereocenters. The van der Waals surface area contributed by atoms with E-state index in [4.69, 9.17) is 4.42 Å². The molecule has 3 N–H and O–H groups in total. The highest BCUT2D eigenvalue weighted by atomic mass is 32.2. The van der Waals surface area contributed by atoms with Crippen LogP contribution in [-0.2, 0) is 9.59 Å². The fourth-order valence-corrected chi connectivity index (χ4v) is 5.03. The van der Waals surface area contributed by atoms with E-state index in [9.17, 15) is 14.4 Å². The standard InChI is InChI=1S/C26H23N5O4S3/c1-2-36-26-30-25(38-31-26)29-22(32)16-37-20-12-10-18(11-13-20)27-24(34)21(15-19-9-6-14-35-19)28-23(33)17-7-4-3-5-8-17/h3-15H,2,16H2,1H3,(H,27,34)(H,28,33)(H,29,30,31,32)/b21-15-. The number of rotatable bonds is 11. The Balaban J connectivity index is 1.34. The molecule has 0 aliphatic carbocycles. The van der Waals surface area contributed by atoms with Gasteiger partial charge in [-0.15, -0.1) is 11.8 Å². The lowest BCUT2D eigenvalue weighted by Crippen LogP contribution is -2.30. The number of amides is 3. The van der Waals surface area contributed by atoms with Crippen LogP contribution in [0.1, 0.15) is 23.0 Å². The second-order valence-electron chi connectivity index (χ2n) is 7.52. The second-order valence-corrected chi connectivity index (χ2v) is 10.6. The molecule has 0 saturated carbocycles. The van der Waals surface area contributed by atoms with Gasteiger partial charge in [-0.25, -0.2) is 0 Å². The number of hydrogen-bond acceptors (Lipinski definition) is 9. The third-order valence-corrected chi connectivity index (χ3v) is 7.26. The Morgan fingerprint density at radius 3 is 2.47 bits per heavy atom. The maximum Gasteiger partial charge on any atom is 0.272 e. The summed E-state index contributed by atoms with van der Waals surface area (Å²) in [6.07, 6.45) is 2.94. The predicted molar refractivity (Wildman–Crippen MR) is 151 cm³/mol. The number of carbonyl (C=O) groups is 3. The second kappa shape index (κ2) is 13.6. The average Bonchev–Trinajstić information content (AvgIpc) is 3.61. The lowest BCUT2D eigenvalue weighted by Gasteiger charge is -2.11. The number of anilines is 2. The Labute approximate surface area is 231 Å². The molecule has 0 atom stereocenters. The molecule has 2 heterocycles. The van der Waals surface area contributed by atoms with Crippen LogP contribution in [0.25, 0.3) is 6.08 Å². The van der Waals surface area contributed by atoms with Crippen molar-refractivity contribution in [1.29, 1.82) is 0 Å². The van der Waals surface area contributed by atoms with Crippen LogP contribution < -0.4 is 16.0 Å². The van der Waals surface area contributed by atoms with Crippen LogP contribution in [0.3, 0.4) is 0 Å². The van der Waals surface area contributed by atoms with E-state index >= 15 is 0 Å². The monoisotopic (exact) mass is 565 g/mol. The number of nitrogens with zero attached hydrogens (tertiary/aromatic N) is 2. The molecule has 4 aromatic rings. The molecule has 0 bridgehead atoms. The zero-order chi connectivity index (χ0) is 26.7. The maximum atomic E-state index is 13.0. The molecule has 2 aromatic heterocycles. The molecule has 0 spiro atoms. The van der Waals surface area contributed by atoms with Crippen molar-refractivity contribution < 1.29 is 18.8 Å². The van der Waals surface area contributed by atoms with Crippen molar-refractivity contribution in [2.24, 2.45) is 0 Å². The summed E-state index contributed by atoms with van der Waals surface area (Å²) < 4.78 is 9.49. The van der Waals surface area contributed by atoms with E-state index in [0.29, 0.717) is 27.3 Å². The number of carbonyl (C=O) groups excluding carboxylic acids is 3. The fraction of sp³-hybridized carbons (Fsp3) is 0.115. The highest BCUT2D eigenvalue weighted by Crippen LogP contribution is 2.23. The van der Waals surface area contributed by atoms with Crippen molar-refractivity contribution in [3.05, 3.63) is 90.0 Å². The van der Waals surface area contributed by atoms with Gasteiger partial charge in [0.25, 0.3) is 11.8 Å². The number of hydrogen-bond donors (Lipinski definition) is 3. The van der Waals surface area contributed by atoms with Crippen LogP contribution in [0, 0.1) is 0 Å². The van der Waals surface area contributed by atoms with Gasteiger partial charge in [-0.05, 0) is 54.3 Å². The first-order valence-electron chi connectivity index (χ1n) is 11.4. The van der Waals surface area contributed by atoms with Crippen molar-refractivity contribution in [2.75, 3.05) is 22.1 Å². The molecule has 9 nitrogen and oxygen atoms in total. The third kappa shape index (κ3) is 8.07. The summed E-state index contributed by atoms with van der Waals surface area (Å²) in [5.41, 5.74) is 0.974. The van der Waals surface area contributed by atoms with Gasteiger partial charge >= 0.3 is 0 Å². The van der Waals surface area contributed by atoms with Gasteiger partial charge in [0.2, 0.25) is 16.2 Å². The summed E-state index contributed by atoms with van der Waals surface area (Å²) in [4.78, 5) is 43.0. The van der Waals surface area contributed by atoms with Gasteiger partial charge in [-0.2, -0.15) is 9.36 Å². The van der Waals surface area contributed by atoms with Crippen molar-refractivity contribution in [3.63, 3.8) is 0 Å². The van der Waals surface area contributed by atoms with Crippen LogP contribution in [0.15, 0.2) is 93.2 Å². The molecule has 0 fully saturated rings. The van der Waals surface area contributed by atoms with E-state index in [2.05, 4.69) is 25.3 Å². The molecule has 12 heteroatoms. The average molecular weight is 566 g/mol. The van der Waals surface area contributed by atoms with Gasteiger partial charge in [0.1, 0.15) is 11.5 Å². The third-order valence-electron chi connectivity index (χ3n) is 4.77. The molecule has 38 heavy (non-hydrogen) atoms. The molecule has 2 aromatic carbocycles. The predicted octanol–water partition coefficient (Wildman–Crippen LogP) is 5.38. The normalized spacial score (nSPS) is 11.1. The quantitative estimate of drug-likeness (QED) is 0.163. The van der Waals surface area contributed by atoms with E-state index in [-0.39, 0.29) is 17.4 Å². The van der Waals surface area contributed by atoms with E-state index < -0.39 is 11.8 Å². The zero-order valence-electron chi connectivity index (χ0n) is 20.2. The SMILES string of the molecule is CCSc1nsc(NC(=O)CSc2ccc(NC(=O)/C(=C/c3ccco3)NC(=O)c3ccccc3)cc2)n1. The van der Waals surface area contributed by atoms with Gasteiger partial charge in [0.05, 0.1) is 12.0 Å². The molecular formula is C26H23N5O4S3. The molecule has 0 radical (unpaired) electrons. The largest absolute Gasteiger partial charge is 0.465 e. The van der Waals surface area contributed by atoms with Crippen molar-refractivity contribution >= 4 is 69.7 Å². The molecule has 194 valence electrons. The summed E-state index contributed by atoms with van der Waals surface area (Å²) >= 11 is 4.02. The zero-order valence-corrected chi connectivity index (χ0v) is 22.6. The van der Waals surface area contributed by atoms with Gasteiger partial charge < -0.3 is 15.1 Å². The number of thioether (sulfide) groups is 2. The Hall–Kier alpha value is -3.87. The van der Waals surface area contributed by atoms with Crippen LogP contribution in [0.2, 0.25) is 0 Å². The van der Waals surface area contributed by atoms with E-state index in [1.54, 1.807) is 66.7 Å². The topological polar surface area (TPSA) is 126 Å². The minimum atomic E-state index is -0.511. The van der Waals surface area contributed by atoms with Gasteiger partial charge in [-0.3, -0.25) is 19.7 Å². The Bertz CT molecular complexity index is 1400. The fourth-order valence-electron chi connectivity index (χ4n) is 3.04. The molecule has 0 aliphatic rings. The minimum absolute atomic E-state index is 0.0288. The summed E-state index contributed by atoms with van der Waals surface area (Å²) in [6.45, 7) is 2.01. The Morgan fingerprint density at radius 2 is 1.76 bits per heavy atom. The van der Waals surface area contributed by atoms with Crippen molar-refractivity contribution in [3.8, 4) is 0 Å². The molecular weight excluding hydrogens is 543 g/mol. The maximum absolute atomic E-state index is 13.0. The lowest BCUT2D eigenvalue weighted by molar-refractivity contribution is -0.114. The van der Waals surface area contributed by atoms with Crippen molar-refractivity contribution in [1.82, 2.24) is 14.7 Å². The molecule has 0 saturated heterocycles. The summed E-state index contributed by atoms with van der Waals surface area (Å²) in [5.74, 6) is 0.366. The first kappa shape index (κ1) is 27.2. The van der Waals surface area contributed by atoms with Crippen LogP contribution >= 0.6 is 35.1 Å². The highest BCUT2D eigenvalue weighted by molar-refractivity contribution is 8.00. The van der Waals surface area contributed by atoms with Crippen LogP contribution in [-0.4, -0.2) is 38.6 Å². The van der Waals surface area contributed by atoms with E-state index in [1.807, 2.05) is 6.92 Å². The summed E-state index contributed by atoms with van der Waals surface area (Å²) in [7, 11) is 0. The smallest absolute Gasteiger partial charge is 0.272 e. The number of furan rings is 1. The van der Waals surface area contributed by atoms with Crippen molar-refractivity contribution in [2.45, 2.75) is 17.0 Å². The lowest BCUT2D eigenvalue weighted by atomic mass is 10.2. The molecule has 3 amide bonds. The molecule has 4 rings (SSSR count). The first-order valence-corrected chi connectivity index (χ1v) is 14.2. The number of nitrogens with one attached hydrogen (secondary N) is 3. The Morgan fingerprint density at radius 1 is 0.974 bits per heavy atom. The first-order chi connectivity index (χ1) is 18.5. The van der Waals surface area contributed by atoms with Crippen LogP contribution in [0.4, 0.5) is 10.8 Å². The summed E-state index contributed by atoms with van der Waals surface area (Å²) in [5, 5.41) is 9.32. The van der Waals surface area contributed by atoms with E-state index in [1.165, 1.54) is 35.9 Å². The van der Waals surface area contributed by atoms with Crippen LogP contribution in [0.5, 0.6) is 0 Å².